The van der Waals surface area contributed by atoms with Gasteiger partial charge in [0.1, 0.15) is 5.75 Å². The van der Waals surface area contributed by atoms with Crippen molar-refractivity contribution in [3.63, 3.8) is 0 Å². The van der Waals surface area contributed by atoms with Crippen LogP contribution < -0.4 is 15.4 Å². The Bertz CT molecular complexity index is 724. The summed E-state index contributed by atoms with van der Waals surface area (Å²) >= 11 is 0. The van der Waals surface area contributed by atoms with Crippen molar-refractivity contribution < 1.29 is 14.3 Å². The number of anilines is 2. The van der Waals surface area contributed by atoms with Crippen molar-refractivity contribution >= 4 is 23.2 Å². The topological polar surface area (TPSA) is 67.4 Å². The second kappa shape index (κ2) is 8.15. The van der Waals surface area contributed by atoms with Crippen LogP contribution in [0.25, 0.3) is 0 Å². The van der Waals surface area contributed by atoms with E-state index >= 15 is 0 Å². The Hall–Kier alpha value is -2.82. The van der Waals surface area contributed by atoms with Gasteiger partial charge in [0.2, 0.25) is 5.91 Å². The number of hydrogen-bond acceptors (Lipinski definition) is 3. The van der Waals surface area contributed by atoms with Gasteiger partial charge in [0.15, 0.2) is 6.61 Å². The molecule has 0 aromatic heterocycles. The molecule has 2 amide bonds. The molecule has 0 saturated heterocycles. The number of hydrogen-bond donors (Lipinski definition) is 2. The monoisotopic (exact) mass is 326 g/mol. The van der Waals surface area contributed by atoms with E-state index in [1.807, 2.05) is 32.0 Å². The first-order valence-electron chi connectivity index (χ1n) is 7.87. The quantitative estimate of drug-likeness (QED) is 0.851. The lowest BCUT2D eigenvalue weighted by atomic mass is 10.1. The van der Waals surface area contributed by atoms with Crippen LogP contribution in [0.3, 0.4) is 0 Å². The van der Waals surface area contributed by atoms with E-state index < -0.39 is 0 Å². The number of amides is 2. The lowest BCUT2D eigenvalue weighted by molar-refractivity contribution is -0.118. The van der Waals surface area contributed by atoms with Crippen LogP contribution in [-0.4, -0.2) is 18.4 Å². The molecular formula is C19H22N2O3. The molecule has 2 aromatic carbocycles. The molecule has 0 aliphatic carbocycles. The Morgan fingerprint density at radius 1 is 0.875 bits per heavy atom. The van der Waals surface area contributed by atoms with Gasteiger partial charge in [-0.05, 0) is 61.4 Å². The van der Waals surface area contributed by atoms with Crippen LogP contribution in [0.4, 0.5) is 11.4 Å². The van der Waals surface area contributed by atoms with E-state index in [0.717, 1.165) is 5.56 Å². The normalized spacial score (nSPS) is 10.1. The van der Waals surface area contributed by atoms with Crippen LogP contribution in [0.2, 0.25) is 0 Å². The number of benzene rings is 2. The first-order valence-corrected chi connectivity index (χ1v) is 7.87. The summed E-state index contributed by atoms with van der Waals surface area (Å²) in [4.78, 5) is 23.3. The first-order chi connectivity index (χ1) is 11.5. The molecule has 0 bridgehead atoms. The van der Waals surface area contributed by atoms with Gasteiger partial charge in [-0.3, -0.25) is 9.59 Å². The van der Waals surface area contributed by atoms with E-state index in [0.29, 0.717) is 23.5 Å². The molecule has 0 radical (unpaired) electrons. The highest BCUT2D eigenvalue weighted by atomic mass is 16.5. The molecule has 2 aromatic rings. The van der Waals surface area contributed by atoms with Crippen molar-refractivity contribution in [1.82, 2.24) is 0 Å². The minimum Gasteiger partial charge on any atom is -0.484 e. The highest BCUT2D eigenvalue weighted by Crippen LogP contribution is 2.17. The van der Waals surface area contributed by atoms with Gasteiger partial charge >= 0.3 is 0 Å². The smallest absolute Gasteiger partial charge is 0.262 e. The maximum absolute atomic E-state index is 11.9. The second-order valence-electron chi connectivity index (χ2n) is 5.56. The summed E-state index contributed by atoms with van der Waals surface area (Å²) in [7, 11) is 0. The molecular weight excluding hydrogens is 304 g/mol. The summed E-state index contributed by atoms with van der Waals surface area (Å²) in [6, 6.07) is 12.7. The molecule has 0 fully saturated rings. The minimum atomic E-state index is -0.237. The standard InChI is InChI=1S/C19H22N2O3/c1-4-18(22)20-15-6-8-16(9-7-15)21-19(23)12-24-17-10-5-13(2)14(3)11-17/h5-11H,4,12H2,1-3H3,(H,20,22)(H,21,23). The molecule has 0 spiro atoms. The van der Waals surface area contributed by atoms with E-state index in [1.54, 1.807) is 31.2 Å². The summed E-state index contributed by atoms with van der Waals surface area (Å²) in [6.45, 7) is 5.76. The summed E-state index contributed by atoms with van der Waals surface area (Å²) in [5.74, 6) is 0.387. The third-order valence-corrected chi connectivity index (χ3v) is 3.62. The molecule has 0 saturated carbocycles. The van der Waals surface area contributed by atoms with E-state index in [-0.39, 0.29) is 18.4 Å². The number of rotatable bonds is 6. The summed E-state index contributed by atoms with van der Waals surface area (Å²) in [6.07, 6.45) is 0.425. The zero-order valence-corrected chi connectivity index (χ0v) is 14.2. The molecule has 0 heterocycles. The third-order valence-electron chi connectivity index (χ3n) is 3.62. The van der Waals surface area contributed by atoms with Crippen molar-refractivity contribution in [3.8, 4) is 5.75 Å². The van der Waals surface area contributed by atoms with E-state index in [2.05, 4.69) is 10.6 Å². The SMILES string of the molecule is CCC(=O)Nc1ccc(NC(=O)COc2ccc(C)c(C)c2)cc1. The lowest BCUT2D eigenvalue weighted by Crippen LogP contribution is -2.20. The summed E-state index contributed by atoms with van der Waals surface area (Å²) in [5, 5.41) is 5.51. The highest BCUT2D eigenvalue weighted by Gasteiger charge is 2.05. The van der Waals surface area contributed by atoms with Gasteiger partial charge in [0.05, 0.1) is 0 Å². The van der Waals surface area contributed by atoms with Gasteiger partial charge in [-0.2, -0.15) is 0 Å². The van der Waals surface area contributed by atoms with Crippen molar-refractivity contribution in [2.45, 2.75) is 27.2 Å². The van der Waals surface area contributed by atoms with Crippen molar-refractivity contribution in [2.24, 2.45) is 0 Å². The molecule has 0 unspecified atom stereocenters. The van der Waals surface area contributed by atoms with Crippen molar-refractivity contribution in [2.75, 3.05) is 17.2 Å². The number of carbonyl (C=O) groups excluding carboxylic acids is 2. The van der Waals surface area contributed by atoms with Crippen molar-refractivity contribution in [3.05, 3.63) is 53.6 Å². The summed E-state index contributed by atoms with van der Waals surface area (Å²) < 4.78 is 5.50. The zero-order valence-electron chi connectivity index (χ0n) is 14.2. The minimum absolute atomic E-state index is 0.0476. The van der Waals surface area contributed by atoms with E-state index in [4.69, 9.17) is 4.74 Å². The molecule has 2 N–H and O–H groups in total. The molecule has 5 nitrogen and oxygen atoms in total. The van der Waals surface area contributed by atoms with Crippen LogP contribution in [0.1, 0.15) is 24.5 Å². The molecule has 2 rings (SSSR count). The summed E-state index contributed by atoms with van der Waals surface area (Å²) in [5.41, 5.74) is 3.66. The Morgan fingerprint density at radius 2 is 1.46 bits per heavy atom. The third kappa shape index (κ3) is 5.12. The molecule has 5 heteroatoms. The molecule has 0 aliphatic rings. The predicted molar refractivity (Wildman–Crippen MR) is 95.4 cm³/mol. The molecule has 0 aliphatic heterocycles. The number of ether oxygens (including phenoxy) is 1. The van der Waals surface area contributed by atoms with Gasteiger partial charge in [-0.25, -0.2) is 0 Å². The molecule has 126 valence electrons. The van der Waals surface area contributed by atoms with Crippen LogP contribution in [0.15, 0.2) is 42.5 Å². The number of carbonyl (C=O) groups is 2. The van der Waals surface area contributed by atoms with Crippen LogP contribution in [0.5, 0.6) is 5.75 Å². The Labute approximate surface area is 142 Å². The Kier molecular flexibility index (Phi) is 5.95. The van der Waals surface area contributed by atoms with Crippen LogP contribution in [0, 0.1) is 13.8 Å². The van der Waals surface area contributed by atoms with Gasteiger partial charge in [0, 0.05) is 17.8 Å². The van der Waals surface area contributed by atoms with Gasteiger partial charge in [-0.1, -0.05) is 13.0 Å². The largest absolute Gasteiger partial charge is 0.484 e. The van der Waals surface area contributed by atoms with Gasteiger partial charge in [-0.15, -0.1) is 0 Å². The Morgan fingerprint density at radius 3 is 2.00 bits per heavy atom. The zero-order chi connectivity index (χ0) is 17.5. The van der Waals surface area contributed by atoms with E-state index in [9.17, 15) is 9.59 Å². The average Bonchev–Trinajstić information content (AvgIpc) is 2.57. The second-order valence-corrected chi connectivity index (χ2v) is 5.56. The predicted octanol–water partition coefficient (Wildman–Crippen LogP) is 3.67. The Balaban J connectivity index is 1.85. The van der Waals surface area contributed by atoms with Crippen molar-refractivity contribution in [1.29, 1.82) is 0 Å². The van der Waals surface area contributed by atoms with Crippen LogP contribution in [-0.2, 0) is 9.59 Å². The van der Waals surface area contributed by atoms with E-state index in [1.165, 1.54) is 5.56 Å². The van der Waals surface area contributed by atoms with Gasteiger partial charge < -0.3 is 15.4 Å². The molecule has 0 atom stereocenters. The maximum atomic E-state index is 11.9. The maximum Gasteiger partial charge on any atom is 0.262 e. The highest BCUT2D eigenvalue weighted by molar-refractivity contribution is 5.93. The fraction of sp³-hybridized carbons (Fsp3) is 0.263. The molecule has 24 heavy (non-hydrogen) atoms. The first kappa shape index (κ1) is 17.5. The fourth-order valence-electron chi connectivity index (χ4n) is 2.04. The van der Waals surface area contributed by atoms with Crippen LogP contribution >= 0.6 is 0 Å². The number of aryl methyl sites for hydroxylation is 2. The van der Waals surface area contributed by atoms with Gasteiger partial charge in [0.25, 0.3) is 5.91 Å². The number of nitrogens with one attached hydrogen (secondary N) is 2. The fourth-order valence-corrected chi connectivity index (χ4v) is 2.04. The lowest BCUT2D eigenvalue weighted by Gasteiger charge is -2.10. The average molecular weight is 326 g/mol.